The van der Waals surface area contributed by atoms with E-state index in [1.54, 1.807) is 313 Å². The fraction of sp³-hybridized carbons (Fsp3) is 0.0441. The third-order valence-corrected chi connectivity index (χ3v) is 26.2. The van der Waals surface area contributed by atoms with Gasteiger partial charge in [0.2, 0.25) is 0 Å². The molecule has 0 amide bonds. The number of carbonyl (C=O) groups is 1. The van der Waals surface area contributed by atoms with Crippen LogP contribution in [0.4, 0.5) is 0 Å². The van der Waals surface area contributed by atoms with Crippen LogP contribution in [0.5, 0.6) is 0 Å². The molecule has 2 spiro atoms. The maximum Gasteiger partial charge on any atom is 0.168 e. The molecule has 0 aliphatic heterocycles. The lowest BCUT2D eigenvalue weighted by atomic mass is 9.69. The Kier molecular flexibility index (Phi) is 2.15. The van der Waals surface area contributed by atoms with Crippen molar-refractivity contribution in [1.82, 2.24) is 0 Å². The number of hydrogen-bond acceptors (Lipinski definition) is 1. The number of halogens is 1. The highest BCUT2D eigenvalue weighted by Gasteiger charge is 2.88. The van der Waals surface area contributed by atoms with Crippen molar-refractivity contribution in [3.63, 3.8) is 0 Å². The van der Waals surface area contributed by atoms with Crippen molar-refractivity contribution in [2.45, 2.75) is 10.8 Å². The van der Waals surface area contributed by atoms with Gasteiger partial charge in [0.1, 0.15) is 0 Å². The molecule has 290 valence electrons. The van der Waals surface area contributed by atoms with E-state index < -0.39 is 10.8 Å². The molecule has 2 unspecified atom stereocenters. The molecule has 5 aliphatic carbocycles. The molecule has 0 N–H and O–H groups in total. The molecule has 1 saturated carbocycles. The molecular weight excluding hydrogens is 913 g/mol. The molecule has 5 aliphatic rings. The predicted octanol–water partition coefficient (Wildman–Crippen LogP) is 18.6. The second-order valence-electron chi connectivity index (χ2n) is 25.7. The number of rotatable bonds is 2. The van der Waals surface area contributed by atoms with Gasteiger partial charge in [-0.2, -0.15) is 0 Å². The van der Waals surface area contributed by atoms with Crippen LogP contribution >= 0.6 is 15.9 Å². The van der Waals surface area contributed by atoms with Gasteiger partial charge in [-0.15, -0.1) is 0 Å². The summed E-state index contributed by atoms with van der Waals surface area (Å²) < 4.78 is 1.03. The minimum absolute atomic E-state index is 0.207. The van der Waals surface area contributed by atoms with Crippen LogP contribution in [0.2, 0.25) is 0 Å². The summed E-state index contributed by atoms with van der Waals surface area (Å²) >= 11 is 3.78. The van der Waals surface area contributed by atoms with Crippen molar-refractivity contribution in [2.75, 3.05) is 0 Å². The van der Waals surface area contributed by atoms with Gasteiger partial charge in [0.05, 0.1) is 5.92 Å². The second kappa shape index (κ2) is 5.80. The first-order chi connectivity index (χ1) is 34.8. The van der Waals surface area contributed by atoms with Crippen LogP contribution in [0.15, 0.2) is 28.7 Å². The summed E-state index contributed by atoms with van der Waals surface area (Å²) in [5.41, 5.74) is 6.32. The van der Waals surface area contributed by atoms with Crippen LogP contribution in [-0.4, -0.2) is 5.78 Å². The highest BCUT2D eigenvalue weighted by atomic mass is 79.9. The van der Waals surface area contributed by atoms with Crippen molar-refractivity contribution in [2.24, 2.45) is 5.92 Å². The van der Waals surface area contributed by atoms with Crippen molar-refractivity contribution in [3.05, 3.63) is 56.6 Å². The number of ketones is 1. The molecule has 0 aromatic heterocycles. The van der Waals surface area contributed by atoms with Crippen LogP contribution in [0.25, 0.3) is 291 Å². The topological polar surface area (TPSA) is 17.1 Å². The minimum atomic E-state index is -0.470. The average Bonchev–Trinajstić information content (AvgIpc) is 4.40. The lowest BCUT2D eigenvalue weighted by Gasteiger charge is -2.31. The summed E-state index contributed by atoms with van der Waals surface area (Å²) in [6, 6.07) is 8.55. The van der Waals surface area contributed by atoms with Gasteiger partial charge in [-0.05, 0) is 325 Å². The molecule has 1 fully saturated rings. The minimum Gasteiger partial charge on any atom is -0.294 e. The van der Waals surface area contributed by atoms with Gasteiger partial charge in [0.25, 0.3) is 0 Å². The first kappa shape index (κ1) is 26.0. The molecule has 34 rings (SSSR count). The summed E-state index contributed by atoms with van der Waals surface area (Å²) in [5.74, 6) is 0.157. The Balaban J connectivity index is 1.15. The zero-order chi connectivity index (χ0) is 41.6. The number of hydrogen-bond donors (Lipinski definition) is 0. The van der Waals surface area contributed by atoms with E-state index in [-0.39, 0.29) is 5.92 Å². The fourth-order valence-corrected chi connectivity index (χ4v) is 25.9. The summed E-state index contributed by atoms with van der Waals surface area (Å²) in [7, 11) is 0. The van der Waals surface area contributed by atoms with Crippen LogP contribution in [0.1, 0.15) is 32.6 Å². The Bertz CT molecular complexity index is 7210. The zero-order valence-electron chi connectivity index (χ0n) is 35.2. The quantitative estimate of drug-likeness (QED) is 0.125. The highest BCUT2D eigenvalue weighted by Crippen LogP contribution is 2.93. The molecule has 0 radical (unpaired) electrons. The molecule has 2 heteroatoms. The van der Waals surface area contributed by atoms with Gasteiger partial charge in [0.15, 0.2) is 5.78 Å². The third-order valence-electron chi connectivity index (χ3n) is 25.6. The molecule has 29 aromatic carbocycles. The molecule has 0 saturated heterocycles. The fourth-order valence-electron chi connectivity index (χ4n) is 25.6. The Morgan fingerprint density at radius 1 is 0.243 bits per heavy atom. The van der Waals surface area contributed by atoms with E-state index in [1.807, 2.05) is 0 Å². The third kappa shape index (κ3) is 1.34. The molecule has 0 bridgehead atoms. The first-order valence-corrected chi connectivity index (χ1v) is 26.6. The Morgan fingerprint density at radius 2 is 0.400 bits per heavy atom. The average molecular weight is 918 g/mol. The SMILES string of the molecule is O=C(c1ccc(Br)cc1)C1C23c4c5c6c7c8c9c(c%10c%11c2c2c%12c4c4c%13c5c5c7c7c8c8c%14c9c%10c9c%10c%11c2c2c%11c%12c4c4c%12c%13c5c5c7c7c8c8c%14c9c9c%10c2c2c%11c4c4c%12c5c7c5c8c9c2c45)C613. The van der Waals surface area contributed by atoms with E-state index in [1.165, 1.54) is 0 Å². The standard InChI is InChI=1S/C68H5BrO/c69-6-3-1-5(2-4-6)65(70)66-67-61-54-47-35-27-18-9-7-8-10-13(9)22-29(27)37-38-30(22)28-19(10)21-17-12(8)15-14-11(7)16-20(18)33(35)41-39-25(16)23(14)31-32-24(15)26(17)40-42-34(21)36(28)48-50(38)59(58(61)49(37)47)62-55(48)53(42)57-46(40)44(32)51-43(31)45(39)56(52(41)54)63(67)60(51)64(57)68(62,66)67/h1-4,66H. The molecule has 70 heavy (non-hydrogen) atoms. The summed E-state index contributed by atoms with van der Waals surface area (Å²) in [4.78, 5) is 16.8. The normalized spacial score (nSPS) is 23.2. The van der Waals surface area contributed by atoms with Crippen molar-refractivity contribution >= 4 is 313 Å². The predicted molar refractivity (Wildman–Crippen MR) is 296 cm³/mol. The lowest BCUT2D eigenvalue weighted by molar-refractivity contribution is 0.0955. The van der Waals surface area contributed by atoms with Crippen molar-refractivity contribution < 1.29 is 4.79 Å². The van der Waals surface area contributed by atoms with Gasteiger partial charge in [-0.3, -0.25) is 4.79 Å². The maximum absolute atomic E-state index is 16.8. The Labute approximate surface area is 388 Å². The van der Waals surface area contributed by atoms with Gasteiger partial charge < -0.3 is 0 Å². The van der Waals surface area contributed by atoms with Gasteiger partial charge >= 0.3 is 0 Å². The molecule has 29 aromatic rings. The van der Waals surface area contributed by atoms with E-state index in [0.29, 0.717) is 5.78 Å². The summed E-state index contributed by atoms with van der Waals surface area (Å²) in [6.07, 6.45) is 0. The van der Waals surface area contributed by atoms with Crippen molar-refractivity contribution in [1.29, 1.82) is 0 Å². The Morgan fingerprint density at radius 3 is 0.629 bits per heavy atom. The first-order valence-electron chi connectivity index (χ1n) is 25.8. The largest absolute Gasteiger partial charge is 0.294 e. The van der Waals surface area contributed by atoms with Crippen molar-refractivity contribution in [3.8, 4) is 0 Å². The smallest absolute Gasteiger partial charge is 0.168 e. The Hall–Kier alpha value is -8.17. The number of carbonyl (C=O) groups excluding carboxylic acids is 1. The molecule has 1 nitrogen and oxygen atoms in total. The number of Topliss-reactive ketones (excluding diaryl/α,β-unsaturated/α-hetero) is 1. The van der Waals surface area contributed by atoms with E-state index in [0.717, 1.165) is 10.0 Å². The summed E-state index contributed by atoms with van der Waals surface area (Å²) in [5, 5.41) is 86.6. The van der Waals surface area contributed by atoms with Crippen LogP contribution in [-0.2, 0) is 10.8 Å². The second-order valence-corrected chi connectivity index (χ2v) is 26.6. The van der Waals surface area contributed by atoms with Crippen LogP contribution in [0.3, 0.4) is 0 Å². The lowest BCUT2D eigenvalue weighted by Crippen LogP contribution is -2.25. The molecule has 2 atom stereocenters. The summed E-state index contributed by atoms with van der Waals surface area (Å²) in [6.45, 7) is 0. The monoisotopic (exact) mass is 916 g/mol. The molecular formula is C68H5BrO. The zero-order valence-corrected chi connectivity index (χ0v) is 36.8. The van der Waals surface area contributed by atoms with E-state index >= 15 is 4.79 Å². The van der Waals surface area contributed by atoms with Gasteiger partial charge in [-0.25, -0.2) is 0 Å². The van der Waals surface area contributed by atoms with E-state index in [2.05, 4.69) is 40.2 Å². The van der Waals surface area contributed by atoms with Gasteiger partial charge in [-0.1, -0.05) is 28.1 Å². The van der Waals surface area contributed by atoms with Crippen LogP contribution < -0.4 is 0 Å². The van der Waals surface area contributed by atoms with Gasteiger partial charge in [0, 0.05) is 20.9 Å². The van der Waals surface area contributed by atoms with E-state index in [4.69, 9.17) is 0 Å². The molecule has 0 heterocycles. The maximum atomic E-state index is 16.8. The number of benzene rings is 18. The van der Waals surface area contributed by atoms with E-state index in [9.17, 15) is 0 Å². The van der Waals surface area contributed by atoms with Crippen LogP contribution in [0, 0.1) is 5.92 Å². The highest BCUT2D eigenvalue weighted by molar-refractivity contribution is 9.10.